The first-order valence-corrected chi connectivity index (χ1v) is 9.23. The summed E-state index contributed by atoms with van der Waals surface area (Å²) in [6, 6.07) is 9.92. The van der Waals surface area contributed by atoms with Crippen LogP contribution in [-0.2, 0) is 21.3 Å². The Hall–Kier alpha value is -0.670. The Bertz CT molecular complexity index is 458. The summed E-state index contributed by atoms with van der Waals surface area (Å²) < 4.78 is 17.3. The van der Waals surface area contributed by atoms with Gasteiger partial charge in [0.05, 0.1) is 13.2 Å². The summed E-state index contributed by atoms with van der Waals surface area (Å²) in [4.78, 5) is 4.40. The minimum atomic E-state index is -0.870. The Morgan fingerprint density at radius 2 is 1.96 bits per heavy atom. The van der Waals surface area contributed by atoms with Crippen LogP contribution >= 0.6 is 24.0 Å². The van der Waals surface area contributed by atoms with E-state index in [-0.39, 0.29) is 24.0 Å². The molecule has 0 aliphatic rings. The maximum atomic E-state index is 12.0. The lowest BCUT2D eigenvalue weighted by Crippen LogP contribution is -2.39. The van der Waals surface area contributed by atoms with Crippen LogP contribution in [0, 0.1) is 0 Å². The normalized spacial score (nSPS) is 12.3. The standard InChI is InChI=1S/C16H27N3O2S.HI/c1-3-17-16(18-10-12-21-4-2)19-11-13-22(20)14-15-8-6-5-7-9-15;/h5-9H,3-4,10-14H2,1-2H3,(H2,17,18,19);1H. The second-order valence-electron chi connectivity index (χ2n) is 4.66. The van der Waals surface area contributed by atoms with E-state index < -0.39 is 10.8 Å². The number of hydrogen-bond acceptors (Lipinski definition) is 3. The molecule has 0 saturated heterocycles. The molecule has 0 heterocycles. The van der Waals surface area contributed by atoms with Gasteiger partial charge in [0.15, 0.2) is 5.96 Å². The molecule has 0 amide bonds. The molecule has 0 aromatic heterocycles. The molecule has 0 fully saturated rings. The zero-order valence-electron chi connectivity index (χ0n) is 13.9. The highest BCUT2D eigenvalue weighted by Gasteiger charge is 2.02. The van der Waals surface area contributed by atoms with Gasteiger partial charge in [-0.25, -0.2) is 0 Å². The Morgan fingerprint density at radius 1 is 1.22 bits per heavy atom. The van der Waals surface area contributed by atoms with E-state index in [1.165, 1.54) is 0 Å². The van der Waals surface area contributed by atoms with Crippen LogP contribution in [-0.4, -0.2) is 48.8 Å². The SMILES string of the molecule is CCNC(=NCCOCC)NCCS(=O)Cc1ccccc1.I. The highest BCUT2D eigenvalue weighted by atomic mass is 127. The summed E-state index contributed by atoms with van der Waals surface area (Å²) in [5, 5.41) is 6.37. The van der Waals surface area contributed by atoms with E-state index in [1.54, 1.807) is 0 Å². The molecular formula is C16H28IN3O2S. The zero-order valence-corrected chi connectivity index (χ0v) is 17.1. The molecule has 132 valence electrons. The highest BCUT2D eigenvalue weighted by Crippen LogP contribution is 2.02. The van der Waals surface area contributed by atoms with Gasteiger partial charge in [-0.1, -0.05) is 30.3 Å². The first-order chi connectivity index (χ1) is 10.8. The lowest BCUT2D eigenvalue weighted by molar-refractivity contribution is 0.155. The van der Waals surface area contributed by atoms with Crippen LogP contribution in [0.15, 0.2) is 35.3 Å². The molecule has 0 radical (unpaired) electrons. The Labute approximate surface area is 159 Å². The van der Waals surface area contributed by atoms with Crippen LogP contribution in [0.3, 0.4) is 0 Å². The molecule has 0 aliphatic heterocycles. The molecule has 0 bridgehead atoms. The first-order valence-electron chi connectivity index (χ1n) is 7.75. The molecule has 2 N–H and O–H groups in total. The van der Waals surface area contributed by atoms with Crippen molar-refractivity contribution >= 4 is 40.7 Å². The Kier molecular flexibility index (Phi) is 14.5. The predicted octanol–water partition coefficient (Wildman–Crippen LogP) is 2.14. The van der Waals surface area contributed by atoms with E-state index in [0.717, 1.165) is 18.1 Å². The third-order valence-electron chi connectivity index (χ3n) is 2.85. The molecule has 5 nitrogen and oxygen atoms in total. The number of rotatable bonds is 10. The Morgan fingerprint density at radius 3 is 2.61 bits per heavy atom. The average Bonchev–Trinajstić information content (AvgIpc) is 2.52. The fraction of sp³-hybridized carbons (Fsp3) is 0.562. The van der Waals surface area contributed by atoms with Gasteiger partial charge in [-0.3, -0.25) is 9.20 Å². The Balaban J connectivity index is 0.00000484. The molecule has 1 aromatic carbocycles. The molecule has 0 spiro atoms. The average molecular weight is 453 g/mol. The maximum absolute atomic E-state index is 12.0. The molecule has 1 atom stereocenters. The van der Waals surface area contributed by atoms with Crippen LogP contribution in [0.4, 0.5) is 0 Å². The van der Waals surface area contributed by atoms with E-state index in [4.69, 9.17) is 4.74 Å². The van der Waals surface area contributed by atoms with Gasteiger partial charge in [0.2, 0.25) is 0 Å². The zero-order chi connectivity index (χ0) is 16.0. The quantitative estimate of drug-likeness (QED) is 0.247. The van der Waals surface area contributed by atoms with Crippen molar-refractivity contribution in [2.45, 2.75) is 19.6 Å². The minimum Gasteiger partial charge on any atom is -0.380 e. The van der Waals surface area contributed by atoms with Gasteiger partial charge < -0.3 is 15.4 Å². The molecule has 23 heavy (non-hydrogen) atoms. The summed E-state index contributed by atoms with van der Waals surface area (Å²) in [7, 11) is -0.870. The summed E-state index contributed by atoms with van der Waals surface area (Å²) >= 11 is 0. The van der Waals surface area contributed by atoms with Gasteiger partial charge in [-0.05, 0) is 19.4 Å². The van der Waals surface area contributed by atoms with Gasteiger partial charge in [-0.2, -0.15) is 0 Å². The van der Waals surface area contributed by atoms with Gasteiger partial charge in [0.1, 0.15) is 0 Å². The number of halogens is 1. The van der Waals surface area contributed by atoms with Crippen molar-refractivity contribution in [3.05, 3.63) is 35.9 Å². The lowest BCUT2D eigenvalue weighted by Gasteiger charge is -2.11. The fourth-order valence-electron chi connectivity index (χ4n) is 1.82. The summed E-state index contributed by atoms with van der Waals surface area (Å²) in [5.74, 6) is 1.95. The van der Waals surface area contributed by atoms with Crippen LogP contribution in [0.1, 0.15) is 19.4 Å². The van der Waals surface area contributed by atoms with Crippen molar-refractivity contribution in [3.63, 3.8) is 0 Å². The van der Waals surface area contributed by atoms with Crippen molar-refractivity contribution in [2.75, 3.05) is 38.6 Å². The van der Waals surface area contributed by atoms with Crippen molar-refractivity contribution in [1.82, 2.24) is 10.6 Å². The van der Waals surface area contributed by atoms with E-state index in [9.17, 15) is 4.21 Å². The van der Waals surface area contributed by atoms with Crippen LogP contribution in [0.25, 0.3) is 0 Å². The van der Waals surface area contributed by atoms with Crippen molar-refractivity contribution in [2.24, 2.45) is 4.99 Å². The van der Waals surface area contributed by atoms with E-state index >= 15 is 0 Å². The summed E-state index contributed by atoms with van der Waals surface area (Å²) in [6.07, 6.45) is 0. The molecular weight excluding hydrogens is 425 g/mol. The molecule has 0 saturated carbocycles. The van der Waals surface area contributed by atoms with Crippen molar-refractivity contribution in [3.8, 4) is 0 Å². The van der Waals surface area contributed by atoms with Crippen molar-refractivity contribution in [1.29, 1.82) is 0 Å². The first kappa shape index (κ1) is 22.3. The second kappa shape index (κ2) is 14.9. The van der Waals surface area contributed by atoms with Gasteiger partial charge >= 0.3 is 0 Å². The highest BCUT2D eigenvalue weighted by molar-refractivity contribution is 14.0. The van der Waals surface area contributed by atoms with E-state index in [2.05, 4.69) is 15.6 Å². The number of benzene rings is 1. The second-order valence-corrected chi connectivity index (χ2v) is 6.23. The predicted molar refractivity (Wildman–Crippen MR) is 109 cm³/mol. The number of ether oxygens (including phenoxy) is 1. The monoisotopic (exact) mass is 453 g/mol. The summed E-state index contributed by atoms with van der Waals surface area (Å²) in [5.41, 5.74) is 1.11. The molecule has 0 aliphatic carbocycles. The van der Waals surface area contributed by atoms with Crippen LogP contribution < -0.4 is 10.6 Å². The maximum Gasteiger partial charge on any atom is 0.191 e. The van der Waals surface area contributed by atoms with Crippen molar-refractivity contribution < 1.29 is 8.95 Å². The van der Waals surface area contributed by atoms with E-state index in [1.807, 2.05) is 44.2 Å². The lowest BCUT2D eigenvalue weighted by atomic mass is 10.2. The van der Waals surface area contributed by atoms with Crippen LogP contribution in [0.5, 0.6) is 0 Å². The number of hydrogen-bond donors (Lipinski definition) is 2. The number of guanidine groups is 1. The largest absolute Gasteiger partial charge is 0.380 e. The smallest absolute Gasteiger partial charge is 0.191 e. The minimum absolute atomic E-state index is 0. The molecule has 7 heteroatoms. The topological polar surface area (TPSA) is 62.7 Å². The third-order valence-corrected chi connectivity index (χ3v) is 4.16. The van der Waals surface area contributed by atoms with Gasteiger partial charge in [0, 0.05) is 42.0 Å². The number of aliphatic imine (C=N–C) groups is 1. The van der Waals surface area contributed by atoms with Gasteiger partial charge in [-0.15, -0.1) is 24.0 Å². The number of nitrogens with one attached hydrogen (secondary N) is 2. The molecule has 1 rings (SSSR count). The third kappa shape index (κ3) is 11.5. The van der Waals surface area contributed by atoms with Gasteiger partial charge in [0.25, 0.3) is 0 Å². The molecule has 1 aromatic rings. The fourth-order valence-corrected chi connectivity index (χ4v) is 2.86. The number of nitrogens with zero attached hydrogens (tertiary/aromatic N) is 1. The summed E-state index contributed by atoms with van der Waals surface area (Å²) in [6.45, 7) is 7.37. The van der Waals surface area contributed by atoms with Crippen LogP contribution in [0.2, 0.25) is 0 Å². The molecule has 1 unspecified atom stereocenters. The van der Waals surface area contributed by atoms with E-state index in [0.29, 0.717) is 37.8 Å².